The zero-order valence-corrected chi connectivity index (χ0v) is 10.6. The Hall–Kier alpha value is -0.610. The first-order chi connectivity index (χ1) is 7.66. The Kier molecular flexibility index (Phi) is 10.5. The standard InChI is InChI=1S/C12H26N2O2/c1-3-4-5-6-7-8-9-13-11(2)14-10-12(15)16/h11,13-14H,3-10H2,1-2H3,(H,15,16). The van der Waals surface area contributed by atoms with Crippen molar-refractivity contribution in [2.45, 2.75) is 58.5 Å². The number of unbranched alkanes of at least 4 members (excludes halogenated alkanes) is 5. The Balaban J connectivity index is 3.15. The van der Waals surface area contributed by atoms with Crippen LogP contribution in [-0.2, 0) is 4.79 Å². The second-order valence-corrected chi connectivity index (χ2v) is 4.22. The SMILES string of the molecule is CCCCCCCCNC(C)NCC(=O)O. The Bertz CT molecular complexity index is 174. The van der Waals surface area contributed by atoms with Crippen LogP contribution in [0.3, 0.4) is 0 Å². The molecule has 0 bridgehead atoms. The first kappa shape index (κ1) is 15.4. The van der Waals surface area contributed by atoms with Gasteiger partial charge in [-0.1, -0.05) is 39.0 Å². The van der Waals surface area contributed by atoms with E-state index in [-0.39, 0.29) is 12.7 Å². The molecule has 96 valence electrons. The lowest BCUT2D eigenvalue weighted by atomic mass is 10.1. The lowest BCUT2D eigenvalue weighted by molar-refractivity contribution is -0.136. The van der Waals surface area contributed by atoms with Crippen molar-refractivity contribution < 1.29 is 9.90 Å². The number of carboxylic acids is 1. The van der Waals surface area contributed by atoms with Gasteiger partial charge in [-0.3, -0.25) is 10.1 Å². The third kappa shape index (κ3) is 11.5. The molecular formula is C12H26N2O2. The molecule has 0 fully saturated rings. The topological polar surface area (TPSA) is 61.4 Å². The van der Waals surface area contributed by atoms with Crippen LogP contribution in [-0.4, -0.2) is 30.3 Å². The molecule has 16 heavy (non-hydrogen) atoms. The summed E-state index contributed by atoms with van der Waals surface area (Å²) >= 11 is 0. The second kappa shape index (κ2) is 10.9. The van der Waals surface area contributed by atoms with E-state index >= 15 is 0 Å². The number of nitrogens with one attached hydrogen (secondary N) is 2. The van der Waals surface area contributed by atoms with Crippen LogP contribution in [0.1, 0.15) is 52.4 Å². The summed E-state index contributed by atoms with van der Waals surface area (Å²) in [5, 5.41) is 14.6. The Morgan fingerprint density at radius 3 is 2.38 bits per heavy atom. The summed E-state index contributed by atoms with van der Waals surface area (Å²) in [6.45, 7) is 5.14. The summed E-state index contributed by atoms with van der Waals surface area (Å²) < 4.78 is 0. The molecule has 3 N–H and O–H groups in total. The predicted molar refractivity (Wildman–Crippen MR) is 66.5 cm³/mol. The number of carboxylic acid groups (broad SMARTS) is 1. The van der Waals surface area contributed by atoms with E-state index in [0.717, 1.165) is 6.54 Å². The van der Waals surface area contributed by atoms with Crippen LogP contribution >= 0.6 is 0 Å². The summed E-state index contributed by atoms with van der Waals surface area (Å²) in [5.41, 5.74) is 0. The third-order valence-corrected chi connectivity index (χ3v) is 2.54. The van der Waals surface area contributed by atoms with Crippen molar-refractivity contribution in [3.8, 4) is 0 Å². The fraction of sp³-hybridized carbons (Fsp3) is 0.917. The minimum Gasteiger partial charge on any atom is -0.480 e. The van der Waals surface area contributed by atoms with Gasteiger partial charge in [-0.15, -0.1) is 0 Å². The summed E-state index contributed by atoms with van der Waals surface area (Å²) in [5.74, 6) is -0.812. The Labute approximate surface area is 98.8 Å². The molecule has 1 unspecified atom stereocenters. The fourth-order valence-corrected chi connectivity index (χ4v) is 1.54. The van der Waals surface area contributed by atoms with Gasteiger partial charge in [-0.25, -0.2) is 0 Å². The van der Waals surface area contributed by atoms with Crippen LogP contribution in [0.5, 0.6) is 0 Å². The van der Waals surface area contributed by atoms with Crippen LogP contribution in [0.15, 0.2) is 0 Å². The second-order valence-electron chi connectivity index (χ2n) is 4.22. The van der Waals surface area contributed by atoms with Crippen molar-refractivity contribution in [2.24, 2.45) is 0 Å². The van der Waals surface area contributed by atoms with E-state index in [1.165, 1.54) is 38.5 Å². The van der Waals surface area contributed by atoms with Gasteiger partial charge in [0, 0.05) is 0 Å². The molecular weight excluding hydrogens is 204 g/mol. The third-order valence-electron chi connectivity index (χ3n) is 2.54. The number of hydrogen-bond acceptors (Lipinski definition) is 3. The van der Waals surface area contributed by atoms with Crippen molar-refractivity contribution >= 4 is 5.97 Å². The van der Waals surface area contributed by atoms with E-state index < -0.39 is 5.97 Å². The van der Waals surface area contributed by atoms with Gasteiger partial charge >= 0.3 is 5.97 Å². The average Bonchev–Trinajstić information content (AvgIpc) is 2.25. The van der Waals surface area contributed by atoms with E-state index in [1.807, 2.05) is 6.92 Å². The highest BCUT2D eigenvalue weighted by molar-refractivity contribution is 5.69. The molecule has 0 rings (SSSR count). The fourth-order valence-electron chi connectivity index (χ4n) is 1.54. The molecule has 0 aromatic heterocycles. The normalized spacial score (nSPS) is 12.6. The van der Waals surface area contributed by atoms with Crippen molar-refractivity contribution in [3.05, 3.63) is 0 Å². The van der Waals surface area contributed by atoms with Crippen molar-refractivity contribution in [2.75, 3.05) is 13.1 Å². The zero-order valence-electron chi connectivity index (χ0n) is 10.6. The van der Waals surface area contributed by atoms with Gasteiger partial charge in [0.2, 0.25) is 0 Å². The van der Waals surface area contributed by atoms with Gasteiger partial charge in [-0.2, -0.15) is 0 Å². The monoisotopic (exact) mass is 230 g/mol. The van der Waals surface area contributed by atoms with Gasteiger partial charge in [0.25, 0.3) is 0 Å². The van der Waals surface area contributed by atoms with Gasteiger partial charge < -0.3 is 10.4 Å². The number of carbonyl (C=O) groups is 1. The van der Waals surface area contributed by atoms with Gasteiger partial charge in [0.1, 0.15) is 0 Å². The molecule has 0 aromatic carbocycles. The summed E-state index contributed by atoms with van der Waals surface area (Å²) in [6, 6.07) is 0. The minimum absolute atomic E-state index is 0.0185. The van der Waals surface area contributed by atoms with Gasteiger partial charge in [0.05, 0.1) is 12.7 Å². The van der Waals surface area contributed by atoms with Crippen LogP contribution in [0.2, 0.25) is 0 Å². The highest BCUT2D eigenvalue weighted by Gasteiger charge is 2.01. The Morgan fingerprint density at radius 2 is 1.75 bits per heavy atom. The van der Waals surface area contributed by atoms with E-state index in [4.69, 9.17) is 5.11 Å². The first-order valence-corrected chi connectivity index (χ1v) is 6.35. The summed E-state index contributed by atoms with van der Waals surface area (Å²) in [4.78, 5) is 10.3. The van der Waals surface area contributed by atoms with Crippen LogP contribution in [0.25, 0.3) is 0 Å². The lowest BCUT2D eigenvalue weighted by Gasteiger charge is -2.14. The maximum absolute atomic E-state index is 10.3. The minimum atomic E-state index is -0.812. The van der Waals surface area contributed by atoms with Crippen molar-refractivity contribution in [1.29, 1.82) is 0 Å². The predicted octanol–water partition coefficient (Wildman–Crippen LogP) is 1.96. The van der Waals surface area contributed by atoms with Crippen LogP contribution < -0.4 is 10.6 Å². The molecule has 0 aliphatic rings. The van der Waals surface area contributed by atoms with Gasteiger partial charge in [-0.05, 0) is 19.9 Å². The largest absolute Gasteiger partial charge is 0.480 e. The highest BCUT2D eigenvalue weighted by Crippen LogP contribution is 2.03. The highest BCUT2D eigenvalue weighted by atomic mass is 16.4. The molecule has 0 aromatic rings. The van der Waals surface area contributed by atoms with Crippen LogP contribution in [0, 0.1) is 0 Å². The Morgan fingerprint density at radius 1 is 1.12 bits per heavy atom. The molecule has 0 spiro atoms. The lowest BCUT2D eigenvalue weighted by Crippen LogP contribution is -2.42. The molecule has 0 radical (unpaired) electrons. The van der Waals surface area contributed by atoms with Crippen molar-refractivity contribution in [3.63, 3.8) is 0 Å². The molecule has 4 nitrogen and oxygen atoms in total. The summed E-state index contributed by atoms with van der Waals surface area (Å²) in [6.07, 6.45) is 7.78. The number of rotatable bonds is 11. The van der Waals surface area contributed by atoms with E-state index in [0.29, 0.717) is 0 Å². The zero-order chi connectivity index (χ0) is 12.2. The maximum atomic E-state index is 10.3. The van der Waals surface area contributed by atoms with E-state index in [9.17, 15) is 4.79 Å². The van der Waals surface area contributed by atoms with Crippen LogP contribution in [0.4, 0.5) is 0 Å². The molecule has 1 atom stereocenters. The molecule has 4 heteroatoms. The molecule has 0 aliphatic heterocycles. The maximum Gasteiger partial charge on any atom is 0.317 e. The average molecular weight is 230 g/mol. The molecule has 0 aliphatic carbocycles. The molecule has 0 saturated carbocycles. The molecule has 0 heterocycles. The van der Waals surface area contributed by atoms with Crippen molar-refractivity contribution in [1.82, 2.24) is 10.6 Å². The smallest absolute Gasteiger partial charge is 0.317 e. The first-order valence-electron chi connectivity index (χ1n) is 6.35. The quantitative estimate of drug-likeness (QED) is 0.375. The van der Waals surface area contributed by atoms with E-state index in [1.54, 1.807) is 0 Å². The molecule has 0 saturated heterocycles. The summed E-state index contributed by atoms with van der Waals surface area (Å²) in [7, 11) is 0. The van der Waals surface area contributed by atoms with Gasteiger partial charge in [0.15, 0.2) is 0 Å². The number of hydrogen-bond donors (Lipinski definition) is 3. The van der Waals surface area contributed by atoms with E-state index in [2.05, 4.69) is 17.6 Å². The molecule has 0 amide bonds. The number of aliphatic carboxylic acids is 1.